The Balaban J connectivity index is 1.79. The van der Waals surface area contributed by atoms with Gasteiger partial charge >= 0.3 is 0 Å². The van der Waals surface area contributed by atoms with E-state index in [1.165, 1.54) is 11.3 Å². The van der Waals surface area contributed by atoms with Gasteiger partial charge in [0.2, 0.25) is 0 Å². The third-order valence-electron chi connectivity index (χ3n) is 3.73. The van der Waals surface area contributed by atoms with E-state index < -0.39 is 0 Å². The molecule has 0 fully saturated rings. The Kier molecular flexibility index (Phi) is 3.52. The van der Waals surface area contributed by atoms with Crippen molar-refractivity contribution in [1.82, 2.24) is 9.97 Å². The molecule has 2 aromatic carbocycles. The summed E-state index contributed by atoms with van der Waals surface area (Å²) >= 11 is 0. The van der Waals surface area contributed by atoms with E-state index >= 15 is 0 Å². The molecule has 0 aliphatic heterocycles. The zero-order chi connectivity index (χ0) is 14.8. The molecule has 1 heterocycles. The Morgan fingerprint density at radius 2 is 1.90 bits per heavy atom. The van der Waals surface area contributed by atoms with Gasteiger partial charge in [-0.05, 0) is 42.3 Å². The summed E-state index contributed by atoms with van der Waals surface area (Å²) in [6, 6.07) is 14.4. The van der Waals surface area contributed by atoms with Crippen molar-refractivity contribution in [3.63, 3.8) is 0 Å². The molecule has 0 aliphatic carbocycles. The van der Waals surface area contributed by atoms with Crippen molar-refractivity contribution in [2.45, 2.75) is 19.9 Å². The van der Waals surface area contributed by atoms with Crippen LogP contribution in [0, 0.1) is 0 Å². The molecule has 4 nitrogen and oxygen atoms in total. The summed E-state index contributed by atoms with van der Waals surface area (Å²) in [5, 5.41) is 0. The number of nitrogens with one attached hydrogen (secondary N) is 1. The largest absolute Gasteiger partial charge is 0.399 e. The molecule has 3 rings (SSSR count). The number of hydrogen-bond acceptors (Lipinski definition) is 3. The van der Waals surface area contributed by atoms with Crippen LogP contribution < -0.4 is 10.6 Å². The molecule has 4 heteroatoms. The van der Waals surface area contributed by atoms with Crippen LogP contribution in [0.2, 0.25) is 0 Å². The van der Waals surface area contributed by atoms with E-state index in [-0.39, 0.29) is 0 Å². The molecule has 0 saturated carbocycles. The number of aromatic nitrogens is 2. The van der Waals surface area contributed by atoms with Crippen LogP contribution in [0.5, 0.6) is 0 Å². The topological polar surface area (TPSA) is 57.9 Å². The van der Waals surface area contributed by atoms with Crippen molar-refractivity contribution in [2.24, 2.45) is 0 Å². The number of nitrogens with two attached hydrogens (primary N) is 1. The van der Waals surface area contributed by atoms with Crippen molar-refractivity contribution >= 4 is 22.4 Å². The maximum atomic E-state index is 5.79. The number of nitrogen functional groups attached to an aromatic ring is 1. The van der Waals surface area contributed by atoms with Gasteiger partial charge in [-0.1, -0.05) is 19.1 Å². The number of aromatic amines is 1. The number of benzene rings is 2. The van der Waals surface area contributed by atoms with Crippen LogP contribution in [0.4, 0.5) is 11.4 Å². The van der Waals surface area contributed by atoms with E-state index in [0.717, 1.165) is 35.5 Å². The highest BCUT2D eigenvalue weighted by atomic mass is 15.1. The summed E-state index contributed by atoms with van der Waals surface area (Å²) in [7, 11) is 2.07. The van der Waals surface area contributed by atoms with E-state index in [2.05, 4.69) is 53.1 Å². The number of hydrogen-bond donors (Lipinski definition) is 2. The molecule has 21 heavy (non-hydrogen) atoms. The first kappa shape index (κ1) is 13.5. The minimum Gasteiger partial charge on any atom is -0.399 e. The fourth-order valence-electron chi connectivity index (χ4n) is 2.46. The van der Waals surface area contributed by atoms with Crippen molar-refractivity contribution in [3.05, 3.63) is 53.9 Å². The van der Waals surface area contributed by atoms with Crippen LogP contribution in [0.15, 0.2) is 42.5 Å². The molecule has 0 saturated heterocycles. The third-order valence-corrected chi connectivity index (χ3v) is 3.73. The highest BCUT2D eigenvalue weighted by Gasteiger charge is 2.07. The lowest BCUT2D eigenvalue weighted by atomic mass is 10.1. The molecule has 0 radical (unpaired) electrons. The normalized spacial score (nSPS) is 11.0. The average molecular weight is 280 g/mol. The Bertz CT molecular complexity index is 743. The van der Waals surface area contributed by atoms with Crippen LogP contribution in [0.25, 0.3) is 11.0 Å². The molecule has 3 aromatic rings. The maximum absolute atomic E-state index is 5.79. The molecule has 0 spiro atoms. The Hall–Kier alpha value is -2.49. The predicted octanol–water partition coefficient (Wildman–Crippen LogP) is 3.34. The standard InChI is InChI=1S/C17H20N4/c1-3-12-4-7-14(8-5-12)21(2)11-17-19-15-9-6-13(18)10-16(15)20-17/h4-10H,3,11,18H2,1-2H3,(H,19,20). The summed E-state index contributed by atoms with van der Waals surface area (Å²) in [5.41, 5.74) is 11.0. The first-order chi connectivity index (χ1) is 10.2. The lowest BCUT2D eigenvalue weighted by molar-refractivity contribution is 0.864. The van der Waals surface area contributed by atoms with Crippen LogP contribution in [-0.4, -0.2) is 17.0 Å². The lowest BCUT2D eigenvalue weighted by Gasteiger charge is -2.18. The molecule has 0 atom stereocenters. The van der Waals surface area contributed by atoms with Crippen molar-refractivity contribution in [1.29, 1.82) is 0 Å². The molecular weight excluding hydrogens is 260 g/mol. The second-order valence-corrected chi connectivity index (χ2v) is 5.34. The van der Waals surface area contributed by atoms with E-state index in [9.17, 15) is 0 Å². The quantitative estimate of drug-likeness (QED) is 0.721. The molecule has 0 unspecified atom stereocenters. The van der Waals surface area contributed by atoms with Gasteiger partial charge in [0.05, 0.1) is 17.6 Å². The predicted molar refractivity (Wildman–Crippen MR) is 88.4 cm³/mol. The summed E-state index contributed by atoms with van der Waals surface area (Å²) < 4.78 is 0. The first-order valence-corrected chi connectivity index (χ1v) is 7.20. The lowest BCUT2D eigenvalue weighted by Crippen LogP contribution is -2.17. The number of rotatable bonds is 4. The number of aryl methyl sites for hydroxylation is 1. The van der Waals surface area contributed by atoms with Crippen LogP contribution in [-0.2, 0) is 13.0 Å². The Morgan fingerprint density at radius 3 is 2.62 bits per heavy atom. The van der Waals surface area contributed by atoms with Gasteiger partial charge in [0, 0.05) is 18.4 Å². The van der Waals surface area contributed by atoms with Gasteiger partial charge in [-0.2, -0.15) is 0 Å². The van der Waals surface area contributed by atoms with Gasteiger partial charge in [0.1, 0.15) is 5.82 Å². The van der Waals surface area contributed by atoms with Gasteiger partial charge in [-0.3, -0.25) is 0 Å². The SMILES string of the molecule is CCc1ccc(N(C)Cc2nc3ccc(N)cc3[nH]2)cc1. The van der Waals surface area contributed by atoms with Gasteiger partial charge in [-0.15, -0.1) is 0 Å². The van der Waals surface area contributed by atoms with Gasteiger partial charge in [0.25, 0.3) is 0 Å². The summed E-state index contributed by atoms with van der Waals surface area (Å²) in [6.07, 6.45) is 1.06. The summed E-state index contributed by atoms with van der Waals surface area (Å²) in [4.78, 5) is 10.1. The number of nitrogens with zero attached hydrogens (tertiary/aromatic N) is 2. The van der Waals surface area contributed by atoms with Crippen LogP contribution >= 0.6 is 0 Å². The van der Waals surface area contributed by atoms with Crippen molar-refractivity contribution in [2.75, 3.05) is 17.7 Å². The molecule has 3 N–H and O–H groups in total. The fourth-order valence-corrected chi connectivity index (χ4v) is 2.46. The Morgan fingerprint density at radius 1 is 1.14 bits per heavy atom. The average Bonchev–Trinajstić information content (AvgIpc) is 2.88. The minimum absolute atomic E-state index is 0.736. The number of anilines is 2. The van der Waals surface area contributed by atoms with Crippen molar-refractivity contribution < 1.29 is 0 Å². The van der Waals surface area contributed by atoms with Crippen LogP contribution in [0.3, 0.4) is 0 Å². The molecule has 108 valence electrons. The molecule has 0 bridgehead atoms. The molecule has 0 amide bonds. The monoisotopic (exact) mass is 280 g/mol. The summed E-state index contributed by atoms with van der Waals surface area (Å²) in [5.74, 6) is 0.942. The molecule has 1 aromatic heterocycles. The highest BCUT2D eigenvalue weighted by molar-refractivity contribution is 5.78. The smallest absolute Gasteiger partial charge is 0.126 e. The van der Waals surface area contributed by atoms with Gasteiger partial charge in [0.15, 0.2) is 0 Å². The second kappa shape index (κ2) is 5.48. The third kappa shape index (κ3) is 2.84. The second-order valence-electron chi connectivity index (χ2n) is 5.34. The molecule has 0 aliphatic rings. The van der Waals surface area contributed by atoms with E-state index in [0.29, 0.717) is 0 Å². The maximum Gasteiger partial charge on any atom is 0.126 e. The van der Waals surface area contributed by atoms with Gasteiger partial charge in [-0.25, -0.2) is 4.98 Å². The van der Waals surface area contributed by atoms with E-state index in [1.54, 1.807) is 0 Å². The zero-order valence-electron chi connectivity index (χ0n) is 12.4. The van der Waals surface area contributed by atoms with E-state index in [1.807, 2.05) is 18.2 Å². The number of fused-ring (bicyclic) bond motifs is 1. The van der Waals surface area contributed by atoms with Gasteiger partial charge < -0.3 is 15.6 Å². The Labute approximate surface area is 124 Å². The molecular formula is C17H20N4. The minimum atomic E-state index is 0.736. The zero-order valence-corrected chi connectivity index (χ0v) is 12.4. The van der Waals surface area contributed by atoms with Crippen molar-refractivity contribution in [3.8, 4) is 0 Å². The van der Waals surface area contributed by atoms with Crippen LogP contribution in [0.1, 0.15) is 18.3 Å². The van der Waals surface area contributed by atoms with E-state index in [4.69, 9.17) is 5.73 Å². The number of imidazole rings is 1. The number of H-pyrrole nitrogens is 1. The first-order valence-electron chi connectivity index (χ1n) is 7.20. The summed E-state index contributed by atoms with van der Waals surface area (Å²) in [6.45, 7) is 2.90. The fraction of sp³-hybridized carbons (Fsp3) is 0.235. The highest BCUT2D eigenvalue weighted by Crippen LogP contribution is 2.19.